The molecule has 120 valence electrons. The third-order valence-electron chi connectivity index (χ3n) is 4.61. The zero-order valence-corrected chi connectivity index (χ0v) is 15.2. The first kappa shape index (κ1) is 19.7. The molecule has 0 aliphatic rings. The second-order valence-corrected chi connectivity index (χ2v) is 12.0. The van der Waals surface area contributed by atoms with Gasteiger partial charge >= 0.3 is 127 Å². The van der Waals surface area contributed by atoms with E-state index in [4.69, 9.17) is 4.52 Å². The van der Waals surface area contributed by atoms with Gasteiger partial charge in [0.05, 0.1) is 0 Å². The first-order chi connectivity index (χ1) is 9.62. The van der Waals surface area contributed by atoms with Gasteiger partial charge in [-0.2, -0.15) is 0 Å². The third kappa shape index (κ3) is 6.01. The van der Waals surface area contributed by atoms with Gasteiger partial charge in [-0.15, -0.1) is 0 Å². The SMILES string of the molecule is CCCCP(CCCC)(CCCC)(CCCC)OC#N. The fraction of sp³-hybridized carbons (Fsp3) is 0.941. The molecule has 0 aromatic rings. The predicted molar refractivity (Wildman–Crippen MR) is 92.7 cm³/mol. The van der Waals surface area contributed by atoms with E-state index in [0.717, 1.165) is 0 Å². The molecule has 0 atom stereocenters. The zero-order valence-electron chi connectivity index (χ0n) is 14.3. The van der Waals surface area contributed by atoms with E-state index in [2.05, 4.69) is 34.0 Å². The minimum atomic E-state index is -2.28. The summed E-state index contributed by atoms with van der Waals surface area (Å²) < 4.78 is 6.06. The molecule has 0 N–H and O–H groups in total. The summed E-state index contributed by atoms with van der Waals surface area (Å²) in [7, 11) is 0. The topological polar surface area (TPSA) is 33.0 Å². The van der Waals surface area contributed by atoms with Gasteiger partial charge < -0.3 is 0 Å². The van der Waals surface area contributed by atoms with E-state index >= 15 is 0 Å². The zero-order chi connectivity index (χ0) is 15.3. The molecule has 0 heterocycles. The molecule has 0 aromatic carbocycles. The van der Waals surface area contributed by atoms with Gasteiger partial charge in [0, 0.05) is 0 Å². The molecule has 2 nitrogen and oxygen atoms in total. The van der Waals surface area contributed by atoms with Crippen molar-refractivity contribution in [2.75, 3.05) is 24.6 Å². The van der Waals surface area contributed by atoms with Crippen LogP contribution >= 0.6 is 6.83 Å². The second kappa shape index (κ2) is 10.4. The Bertz CT molecular complexity index is 242. The molecular formula is C17H36NOP. The first-order valence-electron chi connectivity index (χ1n) is 8.70. The maximum absolute atomic E-state index is 9.32. The molecule has 0 saturated heterocycles. The van der Waals surface area contributed by atoms with Gasteiger partial charge in [0.25, 0.3) is 0 Å². The summed E-state index contributed by atoms with van der Waals surface area (Å²) in [4.78, 5) is 0. The van der Waals surface area contributed by atoms with Crippen LogP contribution < -0.4 is 0 Å². The fourth-order valence-corrected chi connectivity index (χ4v) is 9.60. The van der Waals surface area contributed by atoms with Crippen LogP contribution in [0.3, 0.4) is 0 Å². The van der Waals surface area contributed by atoms with Crippen LogP contribution in [0.15, 0.2) is 0 Å². The van der Waals surface area contributed by atoms with Crippen molar-refractivity contribution in [1.82, 2.24) is 0 Å². The quantitative estimate of drug-likeness (QED) is 0.302. The van der Waals surface area contributed by atoms with E-state index in [9.17, 15) is 5.26 Å². The molecule has 0 spiro atoms. The van der Waals surface area contributed by atoms with E-state index in [1.54, 1.807) is 0 Å². The average Bonchev–Trinajstić information content (AvgIpc) is 2.48. The first-order valence-corrected chi connectivity index (χ1v) is 11.6. The van der Waals surface area contributed by atoms with Crippen LogP contribution in [0, 0.1) is 11.5 Å². The summed E-state index contributed by atoms with van der Waals surface area (Å²) in [5, 5.41) is 9.32. The summed E-state index contributed by atoms with van der Waals surface area (Å²) in [5.41, 5.74) is 0. The number of hydrogen-bond acceptors (Lipinski definition) is 2. The Labute approximate surface area is 127 Å². The van der Waals surface area contributed by atoms with Crippen LogP contribution in [-0.2, 0) is 4.52 Å². The van der Waals surface area contributed by atoms with Crippen molar-refractivity contribution in [2.24, 2.45) is 0 Å². The molecule has 0 aliphatic heterocycles. The number of hydrogen-bond donors (Lipinski definition) is 0. The molecule has 0 saturated carbocycles. The number of unbranched alkanes of at least 4 members (excludes halogenated alkanes) is 4. The van der Waals surface area contributed by atoms with E-state index in [-0.39, 0.29) is 0 Å². The summed E-state index contributed by atoms with van der Waals surface area (Å²) >= 11 is 0. The van der Waals surface area contributed by atoms with Crippen molar-refractivity contribution in [3.05, 3.63) is 0 Å². The van der Waals surface area contributed by atoms with Crippen LogP contribution in [0.1, 0.15) is 79.1 Å². The molecule has 0 unspecified atom stereocenters. The van der Waals surface area contributed by atoms with Gasteiger partial charge in [-0.25, -0.2) is 0 Å². The normalized spacial score (nSPS) is 13.4. The van der Waals surface area contributed by atoms with Crippen molar-refractivity contribution in [3.8, 4) is 6.26 Å². The summed E-state index contributed by atoms with van der Waals surface area (Å²) in [6.07, 6.45) is 16.5. The van der Waals surface area contributed by atoms with Crippen LogP contribution in [0.4, 0.5) is 0 Å². The average molecular weight is 301 g/mol. The summed E-state index contributed by atoms with van der Waals surface area (Å²) in [6, 6.07) is 0. The van der Waals surface area contributed by atoms with Crippen molar-refractivity contribution in [3.63, 3.8) is 0 Å². The van der Waals surface area contributed by atoms with E-state index in [1.807, 2.05) is 0 Å². The summed E-state index contributed by atoms with van der Waals surface area (Å²) in [5.74, 6) is 0. The van der Waals surface area contributed by atoms with Crippen LogP contribution in [0.25, 0.3) is 0 Å². The third-order valence-corrected chi connectivity index (χ3v) is 11.0. The number of nitrogens with zero attached hydrogens (tertiary/aromatic N) is 1. The fourth-order valence-electron chi connectivity index (χ4n) is 3.20. The van der Waals surface area contributed by atoms with Gasteiger partial charge in [0.2, 0.25) is 0 Å². The van der Waals surface area contributed by atoms with E-state index in [1.165, 1.54) is 76.0 Å². The van der Waals surface area contributed by atoms with Crippen molar-refractivity contribution in [2.45, 2.75) is 79.1 Å². The Morgan fingerprint density at radius 2 is 1.00 bits per heavy atom. The van der Waals surface area contributed by atoms with Gasteiger partial charge in [-0.1, -0.05) is 0 Å². The predicted octanol–water partition coefficient (Wildman–Crippen LogP) is 6.15. The van der Waals surface area contributed by atoms with Gasteiger partial charge in [-0.05, 0) is 0 Å². The minimum absolute atomic E-state index is 1.18. The van der Waals surface area contributed by atoms with Crippen LogP contribution in [-0.4, -0.2) is 24.6 Å². The molecule has 20 heavy (non-hydrogen) atoms. The summed E-state index contributed by atoms with van der Waals surface area (Å²) in [6.45, 7) is 6.71. The molecule has 0 fully saturated rings. The number of rotatable bonds is 13. The molecule has 0 aromatic heterocycles. The standard InChI is InChI=1S/C17H36NOP/c1-5-9-13-20(19-17-18,14-10-6-2,15-11-7-3)16-12-8-4/h5-16H2,1-4H3. The Hall–Kier alpha value is -0.280. The van der Waals surface area contributed by atoms with Gasteiger partial charge in [-0.3, -0.25) is 0 Å². The molecular weight excluding hydrogens is 265 g/mol. The Balaban J connectivity index is 5.33. The molecule has 0 radical (unpaired) electrons. The maximum atomic E-state index is 9.32. The van der Waals surface area contributed by atoms with Crippen molar-refractivity contribution in [1.29, 1.82) is 5.26 Å². The Kier molecular flexibility index (Phi) is 10.3. The van der Waals surface area contributed by atoms with Crippen molar-refractivity contribution < 1.29 is 4.52 Å². The second-order valence-electron chi connectivity index (χ2n) is 6.35. The van der Waals surface area contributed by atoms with Crippen LogP contribution in [0.5, 0.6) is 0 Å². The van der Waals surface area contributed by atoms with Crippen LogP contribution in [0.2, 0.25) is 0 Å². The molecule has 0 aliphatic carbocycles. The van der Waals surface area contributed by atoms with Crippen molar-refractivity contribution >= 4 is 6.83 Å². The molecule has 3 heteroatoms. The Morgan fingerprint density at radius 1 is 0.700 bits per heavy atom. The van der Waals surface area contributed by atoms with Gasteiger partial charge in [0.1, 0.15) is 0 Å². The Morgan fingerprint density at radius 3 is 1.20 bits per heavy atom. The number of nitriles is 1. The molecule has 0 rings (SSSR count). The van der Waals surface area contributed by atoms with E-state index in [0.29, 0.717) is 0 Å². The van der Waals surface area contributed by atoms with Gasteiger partial charge in [0.15, 0.2) is 0 Å². The molecule has 0 amide bonds. The molecule has 0 bridgehead atoms. The monoisotopic (exact) mass is 301 g/mol. The van der Waals surface area contributed by atoms with E-state index < -0.39 is 6.83 Å².